The number of aldehydes is 1. The van der Waals surface area contributed by atoms with Crippen molar-refractivity contribution in [1.82, 2.24) is 0 Å². The Bertz CT molecular complexity index is 691. The van der Waals surface area contributed by atoms with Gasteiger partial charge in [0.1, 0.15) is 12.4 Å². The van der Waals surface area contributed by atoms with Crippen molar-refractivity contribution in [3.8, 4) is 0 Å². The number of ether oxygens (including phenoxy) is 1. The number of hydrogen-bond donors (Lipinski definition) is 0. The summed E-state index contributed by atoms with van der Waals surface area (Å²) in [6.07, 6.45) is 21.4. The van der Waals surface area contributed by atoms with Gasteiger partial charge in [-0.15, -0.1) is 0 Å². The summed E-state index contributed by atoms with van der Waals surface area (Å²) in [7, 11) is 0. The summed E-state index contributed by atoms with van der Waals surface area (Å²) in [5, 5.41) is 0. The molecule has 0 spiro atoms. The van der Waals surface area contributed by atoms with E-state index in [1.807, 2.05) is 0 Å². The largest absolute Gasteiger partial charge is 0.495 e. The normalized spacial score (nSPS) is 47.9. The van der Waals surface area contributed by atoms with Gasteiger partial charge in [-0.25, -0.2) is 0 Å². The molecule has 5 aliphatic rings. The van der Waals surface area contributed by atoms with Crippen LogP contribution in [0, 0.1) is 34.5 Å². The number of rotatable bonds is 3. The van der Waals surface area contributed by atoms with Crippen LogP contribution in [0.2, 0.25) is 0 Å². The molecule has 3 saturated carbocycles. The Labute approximate surface area is 171 Å². The number of carbonyl (C=O) groups is 1. The highest BCUT2D eigenvalue weighted by Crippen LogP contribution is 2.66. The lowest BCUT2D eigenvalue weighted by molar-refractivity contribution is -0.133. The smallest absolute Gasteiger partial charge is 0.130 e. The molecule has 0 N–H and O–H groups in total. The van der Waals surface area contributed by atoms with Gasteiger partial charge in [0.2, 0.25) is 0 Å². The van der Waals surface area contributed by atoms with Crippen LogP contribution in [0.4, 0.5) is 0 Å². The van der Waals surface area contributed by atoms with E-state index in [0.717, 1.165) is 24.7 Å². The molecular formula is C26H38O2. The zero-order valence-electron chi connectivity index (χ0n) is 17.9. The topological polar surface area (TPSA) is 26.3 Å². The van der Waals surface area contributed by atoms with Crippen LogP contribution in [0.5, 0.6) is 0 Å². The van der Waals surface area contributed by atoms with Crippen molar-refractivity contribution in [1.29, 1.82) is 0 Å². The molecule has 2 nitrogen and oxygen atoms in total. The lowest BCUT2D eigenvalue weighted by Crippen LogP contribution is -2.55. The summed E-state index contributed by atoms with van der Waals surface area (Å²) in [6, 6.07) is 0. The van der Waals surface area contributed by atoms with Crippen molar-refractivity contribution in [3.05, 3.63) is 23.5 Å². The van der Waals surface area contributed by atoms with Gasteiger partial charge in [-0.2, -0.15) is 0 Å². The van der Waals surface area contributed by atoms with Crippen LogP contribution in [0.1, 0.15) is 90.9 Å². The van der Waals surface area contributed by atoms with Gasteiger partial charge in [0.05, 0.1) is 11.2 Å². The maximum absolute atomic E-state index is 12.6. The molecular weight excluding hydrogens is 344 g/mol. The van der Waals surface area contributed by atoms with Gasteiger partial charge in [-0.05, 0) is 100 Å². The predicted octanol–water partition coefficient (Wildman–Crippen LogP) is 6.61. The fourth-order valence-corrected chi connectivity index (χ4v) is 8.29. The summed E-state index contributed by atoms with van der Waals surface area (Å²) < 4.78 is 6.66. The zero-order chi connectivity index (χ0) is 19.4. The van der Waals surface area contributed by atoms with Crippen LogP contribution in [0.15, 0.2) is 23.5 Å². The highest BCUT2D eigenvalue weighted by Gasteiger charge is 2.62. The van der Waals surface area contributed by atoms with E-state index in [1.54, 1.807) is 0 Å². The number of carbonyl (C=O) groups excluding carboxylic acids is 1. The summed E-state index contributed by atoms with van der Waals surface area (Å²) in [6.45, 7) is 4.88. The third kappa shape index (κ3) is 2.62. The van der Waals surface area contributed by atoms with Crippen molar-refractivity contribution in [3.63, 3.8) is 0 Å². The van der Waals surface area contributed by atoms with E-state index in [-0.39, 0.29) is 5.41 Å². The fraction of sp³-hybridized carbons (Fsp3) is 0.808. The Morgan fingerprint density at radius 2 is 1.89 bits per heavy atom. The van der Waals surface area contributed by atoms with Crippen LogP contribution >= 0.6 is 0 Å². The van der Waals surface area contributed by atoms with Crippen molar-refractivity contribution >= 4 is 6.29 Å². The molecule has 154 valence electrons. The average molecular weight is 383 g/mol. The summed E-state index contributed by atoms with van der Waals surface area (Å²) in [5.41, 5.74) is 1.67. The summed E-state index contributed by atoms with van der Waals surface area (Å²) >= 11 is 0. The first-order valence-electron chi connectivity index (χ1n) is 12.1. The molecule has 0 bridgehead atoms. The molecule has 7 atom stereocenters. The van der Waals surface area contributed by atoms with Gasteiger partial charge >= 0.3 is 0 Å². The minimum Gasteiger partial charge on any atom is -0.495 e. The zero-order valence-corrected chi connectivity index (χ0v) is 17.9. The Hall–Kier alpha value is -1.05. The maximum Gasteiger partial charge on any atom is 0.130 e. The van der Waals surface area contributed by atoms with Gasteiger partial charge in [0, 0.05) is 11.8 Å². The van der Waals surface area contributed by atoms with Crippen LogP contribution in [0.25, 0.3) is 0 Å². The minimum absolute atomic E-state index is 0.145. The fourth-order valence-electron chi connectivity index (χ4n) is 8.29. The minimum atomic E-state index is -0.145. The highest BCUT2D eigenvalue weighted by molar-refractivity contribution is 5.68. The first-order valence-corrected chi connectivity index (χ1v) is 12.1. The first kappa shape index (κ1) is 18.9. The van der Waals surface area contributed by atoms with E-state index in [4.69, 9.17) is 4.74 Å². The first-order chi connectivity index (χ1) is 13.6. The van der Waals surface area contributed by atoms with E-state index in [9.17, 15) is 4.79 Å². The van der Waals surface area contributed by atoms with Crippen molar-refractivity contribution in [2.75, 3.05) is 0 Å². The Morgan fingerprint density at radius 3 is 2.68 bits per heavy atom. The van der Waals surface area contributed by atoms with Crippen LogP contribution in [-0.4, -0.2) is 12.4 Å². The second kappa shape index (κ2) is 7.03. The molecule has 0 aromatic carbocycles. The standard InChI is InChI=1S/C26H38O2/c1-18-7-6-8-19-11-12-21-22-13-14-24(28-20-9-4-3-5-10-20)25(22,2)16-15-23(21)26(18,19)17-27/h8-9,17-18,21-24H,3-7,10-16H2,1-2H3/t18?,21-,22-,23+,24?,25-,26-/m0/s1. The third-order valence-electron chi connectivity index (χ3n) is 9.81. The number of allylic oxidation sites excluding steroid dienone is 4. The molecule has 0 heterocycles. The molecule has 5 rings (SSSR count). The molecule has 0 aromatic rings. The van der Waals surface area contributed by atoms with Gasteiger partial charge in [-0.1, -0.05) is 25.5 Å². The van der Waals surface area contributed by atoms with Gasteiger partial charge in [0.25, 0.3) is 0 Å². The second-order valence-corrected chi connectivity index (χ2v) is 10.8. The van der Waals surface area contributed by atoms with E-state index < -0.39 is 0 Å². The highest BCUT2D eigenvalue weighted by atomic mass is 16.5. The molecule has 2 unspecified atom stereocenters. The Balaban J connectivity index is 1.41. The Morgan fingerprint density at radius 1 is 1.00 bits per heavy atom. The van der Waals surface area contributed by atoms with Gasteiger partial charge in [-0.3, -0.25) is 0 Å². The van der Waals surface area contributed by atoms with Gasteiger partial charge < -0.3 is 9.53 Å². The molecule has 5 aliphatic carbocycles. The van der Waals surface area contributed by atoms with Crippen LogP contribution < -0.4 is 0 Å². The van der Waals surface area contributed by atoms with Gasteiger partial charge in [0.15, 0.2) is 0 Å². The molecule has 0 amide bonds. The quantitative estimate of drug-likeness (QED) is 0.405. The SMILES string of the molecule is CC1CCC=C2CC[C@@H]3[C@@H](CC[C@]4(C)C(OC5=CCCCC5)CC[C@@H]34)[C@]21C=O. The molecule has 0 aromatic heterocycles. The number of hydrogen-bond acceptors (Lipinski definition) is 2. The van der Waals surface area contributed by atoms with Crippen LogP contribution in [0.3, 0.4) is 0 Å². The molecule has 0 aliphatic heterocycles. The van der Waals surface area contributed by atoms with E-state index in [1.165, 1.54) is 81.8 Å². The average Bonchev–Trinajstić information content (AvgIpc) is 3.05. The second-order valence-electron chi connectivity index (χ2n) is 10.8. The molecule has 0 radical (unpaired) electrons. The summed E-state index contributed by atoms with van der Waals surface area (Å²) in [4.78, 5) is 12.6. The molecule has 3 fully saturated rings. The third-order valence-corrected chi connectivity index (χ3v) is 9.81. The molecule has 0 saturated heterocycles. The monoisotopic (exact) mass is 382 g/mol. The maximum atomic E-state index is 12.6. The van der Waals surface area contributed by atoms with Crippen molar-refractivity contribution in [2.24, 2.45) is 34.5 Å². The van der Waals surface area contributed by atoms with E-state index >= 15 is 0 Å². The van der Waals surface area contributed by atoms with E-state index in [2.05, 4.69) is 26.0 Å². The van der Waals surface area contributed by atoms with Crippen molar-refractivity contribution in [2.45, 2.75) is 97.0 Å². The lowest BCUT2D eigenvalue weighted by Gasteiger charge is -2.58. The lowest BCUT2D eigenvalue weighted by atomic mass is 9.45. The Kier molecular flexibility index (Phi) is 4.75. The molecule has 28 heavy (non-hydrogen) atoms. The van der Waals surface area contributed by atoms with Crippen molar-refractivity contribution < 1.29 is 9.53 Å². The van der Waals surface area contributed by atoms with Crippen LogP contribution in [-0.2, 0) is 9.53 Å². The van der Waals surface area contributed by atoms with E-state index in [0.29, 0.717) is 23.4 Å². The molecule has 2 heteroatoms. The summed E-state index contributed by atoms with van der Waals surface area (Å²) in [5.74, 6) is 3.83. The predicted molar refractivity (Wildman–Crippen MR) is 113 cm³/mol. The number of fused-ring (bicyclic) bond motifs is 5.